The highest BCUT2D eigenvalue weighted by molar-refractivity contribution is 6.09. The van der Waals surface area contributed by atoms with Crippen LogP contribution in [0.15, 0.2) is 30.4 Å². The molecule has 3 nitrogen and oxygen atoms in total. The standard InChI is InChI=1S/C10H10O3/c1-6(2)10(13)8-5-7(11)3-4-9(8)12/h3-5,11-12H,1H2,2H3. The third kappa shape index (κ3) is 1.87. The second-order valence-corrected chi connectivity index (χ2v) is 2.81. The molecule has 2 N–H and O–H groups in total. The van der Waals surface area contributed by atoms with E-state index in [2.05, 4.69) is 6.58 Å². The summed E-state index contributed by atoms with van der Waals surface area (Å²) < 4.78 is 0. The van der Waals surface area contributed by atoms with E-state index in [1.807, 2.05) is 0 Å². The van der Waals surface area contributed by atoms with Crippen molar-refractivity contribution in [3.63, 3.8) is 0 Å². The Bertz CT molecular complexity index is 366. The monoisotopic (exact) mass is 178 g/mol. The predicted molar refractivity (Wildman–Crippen MR) is 48.9 cm³/mol. The Morgan fingerprint density at radius 2 is 2.00 bits per heavy atom. The van der Waals surface area contributed by atoms with E-state index in [1.165, 1.54) is 18.2 Å². The molecule has 1 aromatic rings. The van der Waals surface area contributed by atoms with Gasteiger partial charge in [0.2, 0.25) is 0 Å². The lowest BCUT2D eigenvalue weighted by Crippen LogP contribution is -1.99. The van der Waals surface area contributed by atoms with Gasteiger partial charge in [0.15, 0.2) is 5.78 Å². The van der Waals surface area contributed by atoms with Crippen molar-refractivity contribution in [2.24, 2.45) is 0 Å². The second-order valence-electron chi connectivity index (χ2n) is 2.81. The normalized spacial score (nSPS) is 9.62. The molecule has 0 saturated carbocycles. The quantitative estimate of drug-likeness (QED) is 0.413. The van der Waals surface area contributed by atoms with Gasteiger partial charge in [0.1, 0.15) is 11.5 Å². The molecule has 0 saturated heterocycles. The molecule has 1 aromatic carbocycles. The summed E-state index contributed by atoms with van der Waals surface area (Å²) in [6.45, 7) is 5.01. The molecule has 3 heteroatoms. The Labute approximate surface area is 76.0 Å². The zero-order chi connectivity index (χ0) is 10.0. The first kappa shape index (κ1) is 9.32. The van der Waals surface area contributed by atoms with Gasteiger partial charge in [0, 0.05) is 0 Å². The highest BCUT2D eigenvalue weighted by Crippen LogP contribution is 2.23. The fourth-order valence-corrected chi connectivity index (χ4v) is 0.936. The summed E-state index contributed by atoms with van der Waals surface area (Å²) in [6.07, 6.45) is 0. The summed E-state index contributed by atoms with van der Waals surface area (Å²) in [7, 11) is 0. The zero-order valence-electron chi connectivity index (χ0n) is 7.24. The molecular formula is C10H10O3. The molecule has 0 aliphatic heterocycles. The fourth-order valence-electron chi connectivity index (χ4n) is 0.936. The molecular weight excluding hydrogens is 168 g/mol. The molecule has 0 bridgehead atoms. The van der Waals surface area contributed by atoms with Gasteiger partial charge >= 0.3 is 0 Å². The average Bonchev–Trinajstić information content (AvgIpc) is 2.08. The minimum absolute atomic E-state index is 0.0533. The molecule has 0 aliphatic carbocycles. The number of hydrogen-bond donors (Lipinski definition) is 2. The minimum Gasteiger partial charge on any atom is -0.508 e. The maximum absolute atomic E-state index is 11.3. The molecule has 0 amide bonds. The molecule has 0 atom stereocenters. The van der Waals surface area contributed by atoms with E-state index in [-0.39, 0.29) is 22.8 Å². The number of carbonyl (C=O) groups excluding carboxylic acids is 1. The Morgan fingerprint density at radius 3 is 2.54 bits per heavy atom. The van der Waals surface area contributed by atoms with E-state index in [0.29, 0.717) is 5.57 Å². The molecule has 0 heterocycles. The highest BCUT2D eigenvalue weighted by Gasteiger charge is 2.11. The van der Waals surface area contributed by atoms with Gasteiger partial charge in [-0.05, 0) is 30.7 Å². The molecule has 0 aromatic heterocycles. The van der Waals surface area contributed by atoms with E-state index in [1.54, 1.807) is 6.92 Å². The van der Waals surface area contributed by atoms with E-state index in [4.69, 9.17) is 5.11 Å². The number of ketones is 1. The van der Waals surface area contributed by atoms with Crippen LogP contribution >= 0.6 is 0 Å². The SMILES string of the molecule is C=C(C)C(=O)c1cc(O)ccc1O. The number of allylic oxidation sites excluding steroid dienone is 1. The Kier molecular flexibility index (Phi) is 2.37. The van der Waals surface area contributed by atoms with Gasteiger partial charge in [-0.1, -0.05) is 6.58 Å². The molecule has 0 radical (unpaired) electrons. The average molecular weight is 178 g/mol. The van der Waals surface area contributed by atoms with Crippen molar-refractivity contribution in [3.8, 4) is 11.5 Å². The Morgan fingerprint density at radius 1 is 1.38 bits per heavy atom. The summed E-state index contributed by atoms with van der Waals surface area (Å²) in [5, 5.41) is 18.4. The predicted octanol–water partition coefficient (Wildman–Crippen LogP) is 1.86. The van der Waals surface area contributed by atoms with Crippen LogP contribution in [-0.2, 0) is 0 Å². The van der Waals surface area contributed by atoms with E-state index in [9.17, 15) is 9.90 Å². The maximum atomic E-state index is 11.3. The second kappa shape index (κ2) is 3.31. The number of carbonyl (C=O) groups is 1. The van der Waals surface area contributed by atoms with Gasteiger partial charge in [-0.3, -0.25) is 4.79 Å². The Balaban J connectivity index is 3.21. The first-order valence-corrected chi connectivity index (χ1v) is 3.74. The van der Waals surface area contributed by atoms with Gasteiger partial charge in [0.05, 0.1) is 5.56 Å². The van der Waals surface area contributed by atoms with E-state index in [0.717, 1.165) is 0 Å². The molecule has 0 aliphatic rings. The van der Waals surface area contributed by atoms with E-state index >= 15 is 0 Å². The maximum Gasteiger partial charge on any atom is 0.191 e. The number of Topliss-reactive ketones (excluding diaryl/α,β-unsaturated/α-hetero) is 1. The van der Waals surface area contributed by atoms with Gasteiger partial charge in [0.25, 0.3) is 0 Å². The number of aromatic hydroxyl groups is 2. The molecule has 0 spiro atoms. The van der Waals surface area contributed by atoms with Crippen molar-refractivity contribution in [1.29, 1.82) is 0 Å². The van der Waals surface area contributed by atoms with Gasteiger partial charge in [-0.2, -0.15) is 0 Å². The van der Waals surface area contributed by atoms with Crippen molar-refractivity contribution < 1.29 is 15.0 Å². The number of hydrogen-bond acceptors (Lipinski definition) is 3. The van der Waals surface area contributed by atoms with Crippen LogP contribution in [0.4, 0.5) is 0 Å². The van der Waals surface area contributed by atoms with Crippen LogP contribution < -0.4 is 0 Å². The zero-order valence-corrected chi connectivity index (χ0v) is 7.24. The first-order chi connectivity index (χ1) is 6.02. The first-order valence-electron chi connectivity index (χ1n) is 3.74. The van der Waals surface area contributed by atoms with Crippen molar-refractivity contribution in [1.82, 2.24) is 0 Å². The van der Waals surface area contributed by atoms with Crippen molar-refractivity contribution in [3.05, 3.63) is 35.9 Å². The van der Waals surface area contributed by atoms with E-state index < -0.39 is 0 Å². The number of rotatable bonds is 2. The van der Waals surface area contributed by atoms with Gasteiger partial charge < -0.3 is 10.2 Å². The van der Waals surface area contributed by atoms with Crippen LogP contribution in [0.5, 0.6) is 11.5 Å². The molecule has 68 valence electrons. The Hall–Kier alpha value is -1.77. The number of phenolic OH excluding ortho intramolecular Hbond substituents is 2. The lowest BCUT2D eigenvalue weighted by atomic mass is 10.0. The van der Waals surface area contributed by atoms with Gasteiger partial charge in [-0.15, -0.1) is 0 Å². The lowest BCUT2D eigenvalue weighted by Gasteiger charge is -2.03. The topological polar surface area (TPSA) is 57.5 Å². The van der Waals surface area contributed by atoms with Gasteiger partial charge in [-0.25, -0.2) is 0 Å². The highest BCUT2D eigenvalue weighted by atomic mass is 16.3. The van der Waals surface area contributed by atoms with Crippen LogP contribution in [0.3, 0.4) is 0 Å². The minimum atomic E-state index is -0.367. The number of phenols is 2. The number of benzene rings is 1. The van der Waals surface area contributed by atoms with Crippen molar-refractivity contribution >= 4 is 5.78 Å². The third-order valence-corrected chi connectivity index (χ3v) is 1.61. The largest absolute Gasteiger partial charge is 0.508 e. The summed E-state index contributed by atoms with van der Waals surface area (Å²) in [6, 6.07) is 3.79. The van der Waals surface area contributed by atoms with Crippen molar-refractivity contribution in [2.45, 2.75) is 6.92 Å². The summed E-state index contributed by atoms with van der Waals surface area (Å²) >= 11 is 0. The van der Waals surface area contributed by atoms with Crippen LogP contribution in [0.25, 0.3) is 0 Å². The lowest BCUT2D eigenvalue weighted by molar-refractivity contribution is 0.103. The summed E-state index contributed by atoms with van der Waals surface area (Å²) in [4.78, 5) is 11.3. The van der Waals surface area contributed by atoms with Crippen LogP contribution in [0.1, 0.15) is 17.3 Å². The molecule has 0 unspecified atom stereocenters. The van der Waals surface area contributed by atoms with Crippen LogP contribution in [0.2, 0.25) is 0 Å². The van der Waals surface area contributed by atoms with Crippen molar-refractivity contribution in [2.75, 3.05) is 0 Å². The third-order valence-electron chi connectivity index (χ3n) is 1.61. The molecule has 0 fully saturated rings. The molecule has 1 rings (SSSR count). The smallest absolute Gasteiger partial charge is 0.191 e. The van der Waals surface area contributed by atoms with Crippen LogP contribution in [0, 0.1) is 0 Å². The van der Waals surface area contributed by atoms with Crippen LogP contribution in [-0.4, -0.2) is 16.0 Å². The summed E-state index contributed by atoms with van der Waals surface area (Å²) in [5.41, 5.74) is 0.397. The fraction of sp³-hybridized carbons (Fsp3) is 0.100. The summed E-state index contributed by atoms with van der Waals surface area (Å²) in [5.74, 6) is -0.568. The molecule has 13 heavy (non-hydrogen) atoms.